The zero-order chi connectivity index (χ0) is 13.1. The Kier molecular flexibility index (Phi) is 8.65. The molecular formula is C14H29N3O. The van der Waals surface area contributed by atoms with E-state index in [1.54, 1.807) is 0 Å². The Bertz CT molecular complexity index is 225. The Morgan fingerprint density at radius 2 is 1.94 bits per heavy atom. The topological polar surface area (TPSA) is 59.6 Å². The van der Waals surface area contributed by atoms with Crippen molar-refractivity contribution >= 4 is 5.96 Å². The molecule has 0 aliphatic heterocycles. The van der Waals surface area contributed by atoms with Gasteiger partial charge in [-0.15, -0.1) is 0 Å². The number of guanidine groups is 1. The van der Waals surface area contributed by atoms with Gasteiger partial charge in [-0.3, -0.25) is 4.99 Å². The Labute approximate surface area is 111 Å². The van der Waals surface area contributed by atoms with Crippen LogP contribution >= 0.6 is 0 Å². The fourth-order valence-electron chi connectivity index (χ4n) is 2.22. The normalized spacial score (nSPS) is 17.9. The summed E-state index contributed by atoms with van der Waals surface area (Å²) in [6.45, 7) is 4.60. The first-order valence-corrected chi connectivity index (χ1v) is 7.47. The van der Waals surface area contributed by atoms with Crippen LogP contribution in [0.25, 0.3) is 0 Å². The number of hydrogen-bond acceptors (Lipinski definition) is 2. The summed E-state index contributed by atoms with van der Waals surface area (Å²) in [5, 5.41) is 3.32. The summed E-state index contributed by atoms with van der Waals surface area (Å²) >= 11 is 0. The minimum Gasteiger partial charge on any atom is -0.381 e. The van der Waals surface area contributed by atoms with E-state index >= 15 is 0 Å². The summed E-state index contributed by atoms with van der Waals surface area (Å²) in [5.41, 5.74) is 5.87. The van der Waals surface area contributed by atoms with Crippen LogP contribution in [-0.4, -0.2) is 31.8 Å². The molecule has 1 fully saturated rings. The molecule has 0 amide bonds. The van der Waals surface area contributed by atoms with Crippen LogP contribution in [0, 0.1) is 0 Å². The van der Waals surface area contributed by atoms with Gasteiger partial charge in [-0.05, 0) is 25.7 Å². The SMILES string of the molecule is CCCCOCCCN=C(N)NC1CCCCC1. The monoisotopic (exact) mass is 255 g/mol. The number of unbranched alkanes of at least 4 members (excludes halogenated alkanes) is 1. The summed E-state index contributed by atoms with van der Waals surface area (Å²) in [7, 11) is 0. The second-order valence-corrected chi connectivity index (χ2v) is 5.07. The van der Waals surface area contributed by atoms with Crippen molar-refractivity contribution in [2.24, 2.45) is 10.7 Å². The van der Waals surface area contributed by atoms with E-state index in [2.05, 4.69) is 17.2 Å². The molecule has 3 N–H and O–H groups in total. The summed E-state index contributed by atoms with van der Waals surface area (Å²) in [5.74, 6) is 0.607. The molecule has 4 heteroatoms. The van der Waals surface area contributed by atoms with Gasteiger partial charge in [0.2, 0.25) is 0 Å². The molecule has 0 radical (unpaired) electrons. The lowest BCUT2D eigenvalue weighted by Crippen LogP contribution is -2.41. The number of nitrogens with one attached hydrogen (secondary N) is 1. The molecule has 18 heavy (non-hydrogen) atoms. The van der Waals surface area contributed by atoms with Gasteiger partial charge in [-0.2, -0.15) is 0 Å². The molecule has 1 aliphatic carbocycles. The number of rotatable bonds is 8. The maximum Gasteiger partial charge on any atom is 0.188 e. The van der Waals surface area contributed by atoms with Gasteiger partial charge in [0.15, 0.2) is 5.96 Å². The Balaban J connectivity index is 1.99. The molecule has 0 spiro atoms. The van der Waals surface area contributed by atoms with E-state index in [1.807, 2.05) is 0 Å². The van der Waals surface area contributed by atoms with Gasteiger partial charge in [0.25, 0.3) is 0 Å². The summed E-state index contributed by atoms with van der Waals surface area (Å²) < 4.78 is 5.48. The first kappa shape index (κ1) is 15.3. The van der Waals surface area contributed by atoms with Crippen molar-refractivity contribution in [3.05, 3.63) is 0 Å². The van der Waals surface area contributed by atoms with Crippen molar-refractivity contribution in [2.75, 3.05) is 19.8 Å². The summed E-state index contributed by atoms with van der Waals surface area (Å²) in [6.07, 6.45) is 9.76. The Morgan fingerprint density at radius 1 is 1.22 bits per heavy atom. The zero-order valence-electron chi connectivity index (χ0n) is 11.8. The summed E-state index contributed by atoms with van der Waals surface area (Å²) in [6, 6.07) is 0.545. The number of nitrogens with two attached hydrogens (primary N) is 1. The van der Waals surface area contributed by atoms with Crippen molar-refractivity contribution in [1.82, 2.24) is 5.32 Å². The third-order valence-electron chi connectivity index (χ3n) is 3.33. The van der Waals surface area contributed by atoms with E-state index in [0.717, 1.165) is 32.6 Å². The highest BCUT2D eigenvalue weighted by atomic mass is 16.5. The van der Waals surface area contributed by atoms with Crippen LogP contribution in [0.3, 0.4) is 0 Å². The predicted octanol–water partition coefficient (Wildman–Crippen LogP) is 2.43. The molecule has 0 aromatic rings. The highest BCUT2D eigenvalue weighted by Crippen LogP contribution is 2.16. The van der Waals surface area contributed by atoms with Crippen LogP contribution in [0.4, 0.5) is 0 Å². The molecule has 0 unspecified atom stereocenters. The number of aliphatic imine (C=N–C) groups is 1. The lowest BCUT2D eigenvalue weighted by atomic mass is 9.96. The average Bonchev–Trinajstić information content (AvgIpc) is 2.39. The lowest BCUT2D eigenvalue weighted by Gasteiger charge is -2.23. The van der Waals surface area contributed by atoms with Gasteiger partial charge in [0.05, 0.1) is 0 Å². The predicted molar refractivity (Wildman–Crippen MR) is 76.8 cm³/mol. The number of ether oxygens (including phenoxy) is 1. The highest BCUT2D eigenvalue weighted by Gasteiger charge is 2.12. The van der Waals surface area contributed by atoms with Gasteiger partial charge in [0, 0.05) is 25.8 Å². The zero-order valence-corrected chi connectivity index (χ0v) is 11.8. The van der Waals surface area contributed by atoms with Crippen molar-refractivity contribution in [2.45, 2.75) is 64.3 Å². The second-order valence-electron chi connectivity index (χ2n) is 5.07. The third kappa shape index (κ3) is 7.54. The lowest BCUT2D eigenvalue weighted by molar-refractivity contribution is 0.130. The largest absolute Gasteiger partial charge is 0.381 e. The quantitative estimate of drug-likeness (QED) is 0.398. The molecule has 4 nitrogen and oxygen atoms in total. The average molecular weight is 255 g/mol. The fourth-order valence-corrected chi connectivity index (χ4v) is 2.22. The maximum atomic E-state index is 5.87. The molecular weight excluding hydrogens is 226 g/mol. The van der Waals surface area contributed by atoms with E-state index in [-0.39, 0.29) is 0 Å². The maximum absolute atomic E-state index is 5.87. The van der Waals surface area contributed by atoms with Crippen LogP contribution in [-0.2, 0) is 4.74 Å². The second kappa shape index (κ2) is 10.2. The minimum atomic E-state index is 0.545. The van der Waals surface area contributed by atoms with E-state index in [1.165, 1.54) is 38.5 Å². The Hall–Kier alpha value is -0.770. The third-order valence-corrected chi connectivity index (χ3v) is 3.33. The van der Waals surface area contributed by atoms with Crippen molar-refractivity contribution in [3.63, 3.8) is 0 Å². The van der Waals surface area contributed by atoms with E-state index < -0.39 is 0 Å². The van der Waals surface area contributed by atoms with Crippen LogP contribution in [0.1, 0.15) is 58.3 Å². The highest BCUT2D eigenvalue weighted by molar-refractivity contribution is 5.78. The van der Waals surface area contributed by atoms with Crippen LogP contribution in [0.5, 0.6) is 0 Å². The molecule has 0 bridgehead atoms. The summed E-state index contributed by atoms with van der Waals surface area (Å²) in [4.78, 5) is 4.34. The van der Waals surface area contributed by atoms with Gasteiger partial charge in [-0.1, -0.05) is 32.6 Å². The van der Waals surface area contributed by atoms with E-state index in [4.69, 9.17) is 10.5 Å². The van der Waals surface area contributed by atoms with Crippen LogP contribution in [0.2, 0.25) is 0 Å². The van der Waals surface area contributed by atoms with E-state index in [0.29, 0.717) is 12.0 Å². The van der Waals surface area contributed by atoms with Gasteiger partial charge >= 0.3 is 0 Å². The van der Waals surface area contributed by atoms with Crippen molar-refractivity contribution < 1.29 is 4.74 Å². The molecule has 106 valence electrons. The molecule has 1 saturated carbocycles. The van der Waals surface area contributed by atoms with Crippen molar-refractivity contribution in [3.8, 4) is 0 Å². The molecule has 0 atom stereocenters. The van der Waals surface area contributed by atoms with E-state index in [9.17, 15) is 0 Å². The van der Waals surface area contributed by atoms with Gasteiger partial charge in [-0.25, -0.2) is 0 Å². The van der Waals surface area contributed by atoms with Gasteiger partial charge < -0.3 is 15.8 Å². The first-order chi connectivity index (χ1) is 8.83. The molecule has 1 aliphatic rings. The van der Waals surface area contributed by atoms with Crippen LogP contribution < -0.4 is 11.1 Å². The molecule has 0 aromatic heterocycles. The molecule has 0 heterocycles. The first-order valence-electron chi connectivity index (χ1n) is 7.47. The fraction of sp³-hybridized carbons (Fsp3) is 0.929. The standard InChI is InChI=1S/C14H29N3O/c1-2-3-11-18-12-7-10-16-14(15)17-13-8-5-4-6-9-13/h13H,2-12H2,1H3,(H3,15,16,17). The molecule has 1 rings (SSSR count). The number of hydrogen-bond donors (Lipinski definition) is 2. The minimum absolute atomic E-state index is 0.545. The van der Waals surface area contributed by atoms with Crippen LogP contribution in [0.15, 0.2) is 4.99 Å². The molecule has 0 aromatic carbocycles. The smallest absolute Gasteiger partial charge is 0.188 e. The number of nitrogens with zero attached hydrogens (tertiary/aromatic N) is 1. The Morgan fingerprint density at radius 3 is 2.67 bits per heavy atom. The molecule has 0 saturated heterocycles. The van der Waals surface area contributed by atoms with Gasteiger partial charge in [0.1, 0.15) is 0 Å². The van der Waals surface area contributed by atoms with Crippen molar-refractivity contribution in [1.29, 1.82) is 0 Å².